The van der Waals surface area contributed by atoms with Crippen LogP contribution < -0.4 is 0 Å². The van der Waals surface area contributed by atoms with Crippen LogP contribution in [-0.2, 0) is 9.59 Å². The highest BCUT2D eigenvalue weighted by atomic mass is 16.4. The van der Waals surface area contributed by atoms with Crippen LogP contribution in [-0.4, -0.2) is 17.4 Å². The topological polar surface area (TPSA) is 54.4 Å². The molecule has 0 amide bonds. The molecular weight excluding hydrogens is 216 g/mol. The molecule has 2 saturated carbocycles. The largest absolute Gasteiger partial charge is 0.481 e. The summed E-state index contributed by atoms with van der Waals surface area (Å²) in [6.45, 7) is 0. The Hall–Kier alpha value is -0.860. The van der Waals surface area contributed by atoms with E-state index >= 15 is 0 Å². The molecular formula is C14H24O3. The molecule has 0 bridgehead atoms. The van der Waals surface area contributed by atoms with Gasteiger partial charge in [0.05, 0.1) is 5.92 Å². The first-order valence-electron chi connectivity index (χ1n) is 6.92. The molecule has 2 fully saturated rings. The third-order valence-electron chi connectivity index (χ3n) is 3.80. The second kappa shape index (κ2) is 8.26. The summed E-state index contributed by atoms with van der Waals surface area (Å²) in [6.07, 6.45) is 12.5. The maximum atomic E-state index is 10.4. The van der Waals surface area contributed by atoms with E-state index in [1.807, 2.05) is 0 Å². The van der Waals surface area contributed by atoms with E-state index in [0.29, 0.717) is 5.92 Å². The quantitative estimate of drug-likeness (QED) is 0.752. The van der Waals surface area contributed by atoms with E-state index < -0.39 is 5.97 Å². The number of aliphatic carboxylic acids is 1. The first-order chi connectivity index (χ1) is 8.24. The Kier molecular flexibility index (Phi) is 6.90. The van der Waals surface area contributed by atoms with Gasteiger partial charge in [0.25, 0.3) is 0 Å². The van der Waals surface area contributed by atoms with Crippen molar-refractivity contribution in [2.24, 2.45) is 11.8 Å². The lowest BCUT2D eigenvalue weighted by Crippen LogP contribution is -2.16. The van der Waals surface area contributed by atoms with E-state index in [4.69, 9.17) is 5.11 Å². The predicted molar refractivity (Wildman–Crippen MR) is 66.8 cm³/mol. The predicted octanol–water partition coefficient (Wildman–Crippen LogP) is 3.42. The van der Waals surface area contributed by atoms with E-state index in [1.165, 1.54) is 25.7 Å². The van der Waals surface area contributed by atoms with Crippen molar-refractivity contribution in [3.05, 3.63) is 0 Å². The number of carboxylic acids is 1. The summed E-state index contributed by atoms with van der Waals surface area (Å²) in [6, 6.07) is 0. The van der Waals surface area contributed by atoms with E-state index in [9.17, 15) is 9.59 Å². The molecule has 0 heterocycles. The van der Waals surface area contributed by atoms with Gasteiger partial charge in [0.2, 0.25) is 0 Å². The van der Waals surface area contributed by atoms with E-state index in [0.717, 1.165) is 44.8 Å². The maximum absolute atomic E-state index is 10.4. The molecule has 1 N–H and O–H groups in total. The molecule has 3 heteroatoms. The number of carbonyl (C=O) groups is 2. The summed E-state index contributed by atoms with van der Waals surface area (Å²) >= 11 is 0. The zero-order chi connectivity index (χ0) is 12.5. The van der Waals surface area contributed by atoms with E-state index in [2.05, 4.69) is 0 Å². The molecule has 0 aromatic heterocycles. The van der Waals surface area contributed by atoms with Crippen molar-refractivity contribution in [3.63, 3.8) is 0 Å². The Morgan fingerprint density at radius 3 is 1.65 bits per heavy atom. The molecule has 0 aromatic rings. The minimum atomic E-state index is -0.602. The second-order valence-corrected chi connectivity index (χ2v) is 5.21. The summed E-state index contributed by atoms with van der Waals surface area (Å²) in [5, 5.41) is 8.54. The van der Waals surface area contributed by atoms with Gasteiger partial charge in [-0.3, -0.25) is 4.79 Å². The molecule has 3 nitrogen and oxygen atoms in total. The Labute approximate surface area is 104 Å². The summed E-state index contributed by atoms with van der Waals surface area (Å²) in [5.74, 6) is -0.225. The van der Waals surface area contributed by atoms with Crippen molar-refractivity contribution in [2.75, 3.05) is 0 Å². The smallest absolute Gasteiger partial charge is 0.306 e. The normalized spacial score (nSPS) is 22.4. The molecule has 2 aliphatic rings. The number of carbonyl (C=O) groups excluding carboxylic acids is 1. The lowest BCUT2D eigenvalue weighted by atomic mass is 9.90. The Morgan fingerprint density at radius 2 is 1.35 bits per heavy atom. The van der Waals surface area contributed by atoms with Gasteiger partial charge < -0.3 is 9.90 Å². The number of carboxylic acid groups (broad SMARTS) is 1. The fourth-order valence-electron chi connectivity index (χ4n) is 2.62. The average Bonchev–Trinajstić information content (AvgIpc) is 2.41. The van der Waals surface area contributed by atoms with Crippen LogP contribution in [0, 0.1) is 11.8 Å². The zero-order valence-electron chi connectivity index (χ0n) is 10.6. The van der Waals surface area contributed by atoms with E-state index in [-0.39, 0.29) is 5.92 Å². The van der Waals surface area contributed by atoms with Crippen LogP contribution in [0.4, 0.5) is 0 Å². The standard InChI is InChI=1S/C7H12O2.C7H12O/c8-7(9)6-4-2-1-3-5-6;8-6-7-4-2-1-3-5-7/h6H,1-5H2,(H,8,9);6-7H,1-5H2. The zero-order valence-corrected chi connectivity index (χ0v) is 10.6. The van der Waals surface area contributed by atoms with Crippen LogP contribution in [0.5, 0.6) is 0 Å². The highest BCUT2D eigenvalue weighted by Crippen LogP contribution is 2.23. The molecule has 98 valence electrons. The van der Waals surface area contributed by atoms with E-state index in [1.54, 1.807) is 0 Å². The SMILES string of the molecule is O=C(O)C1CCCCC1.O=CC1CCCCC1. The molecule has 0 aliphatic heterocycles. The summed E-state index contributed by atoms with van der Waals surface area (Å²) < 4.78 is 0. The third kappa shape index (κ3) is 5.85. The van der Waals surface area contributed by atoms with Crippen molar-refractivity contribution in [1.29, 1.82) is 0 Å². The molecule has 2 aliphatic carbocycles. The first-order valence-corrected chi connectivity index (χ1v) is 6.92. The Balaban J connectivity index is 0.000000171. The average molecular weight is 240 g/mol. The fourth-order valence-corrected chi connectivity index (χ4v) is 2.62. The van der Waals surface area contributed by atoms with Crippen LogP contribution >= 0.6 is 0 Å². The molecule has 0 atom stereocenters. The monoisotopic (exact) mass is 240 g/mol. The number of aldehydes is 1. The molecule has 17 heavy (non-hydrogen) atoms. The summed E-state index contributed by atoms with van der Waals surface area (Å²) in [7, 11) is 0. The maximum Gasteiger partial charge on any atom is 0.306 e. The highest BCUT2D eigenvalue weighted by molar-refractivity contribution is 5.69. The second-order valence-electron chi connectivity index (χ2n) is 5.21. The number of hydrogen-bond acceptors (Lipinski definition) is 2. The van der Waals surface area contributed by atoms with Crippen LogP contribution in [0.2, 0.25) is 0 Å². The minimum Gasteiger partial charge on any atom is -0.481 e. The van der Waals surface area contributed by atoms with Crippen molar-refractivity contribution >= 4 is 12.3 Å². The number of hydrogen-bond donors (Lipinski definition) is 1. The van der Waals surface area contributed by atoms with Crippen LogP contribution in [0.15, 0.2) is 0 Å². The van der Waals surface area contributed by atoms with Crippen LogP contribution in [0.1, 0.15) is 64.2 Å². The molecule has 2 rings (SSSR count). The van der Waals surface area contributed by atoms with Gasteiger partial charge in [-0.15, -0.1) is 0 Å². The van der Waals surface area contributed by atoms with Gasteiger partial charge in [0, 0.05) is 5.92 Å². The Morgan fingerprint density at radius 1 is 0.882 bits per heavy atom. The molecule has 0 aromatic carbocycles. The Bertz CT molecular complexity index is 226. The van der Waals surface area contributed by atoms with Gasteiger partial charge in [-0.1, -0.05) is 38.5 Å². The van der Waals surface area contributed by atoms with Crippen molar-refractivity contribution in [3.8, 4) is 0 Å². The van der Waals surface area contributed by atoms with Gasteiger partial charge in [-0.05, 0) is 25.7 Å². The fraction of sp³-hybridized carbons (Fsp3) is 0.857. The van der Waals surface area contributed by atoms with Crippen molar-refractivity contribution in [2.45, 2.75) is 64.2 Å². The minimum absolute atomic E-state index is 0.0289. The van der Waals surface area contributed by atoms with Crippen LogP contribution in [0.25, 0.3) is 0 Å². The molecule has 0 radical (unpaired) electrons. The molecule has 0 unspecified atom stereocenters. The van der Waals surface area contributed by atoms with Gasteiger partial charge in [0.15, 0.2) is 0 Å². The summed E-state index contributed by atoms with van der Waals surface area (Å²) in [5.41, 5.74) is 0. The van der Waals surface area contributed by atoms with Crippen LogP contribution in [0.3, 0.4) is 0 Å². The van der Waals surface area contributed by atoms with Crippen molar-refractivity contribution in [1.82, 2.24) is 0 Å². The lowest BCUT2D eigenvalue weighted by molar-refractivity contribution is -0.142. The number of rotatable bonds is 2. The van der Waals surface area contributed by atoms with Gasteiger partial charge >= 0.3 is 5.97 Å². The van der Waals surface area contributed by atoms with Crippen molar-refractivity contribution < 1.29 is 14.7 Å². The third-order valence-corrected chi connectivity index (χ3v) is 3.80. The molecule has 0 spiro atoms. The highest BCUT2D eigenvalue weighted by Gasteiger charge is 2.19. The lowest BCUT2D eigenvalue weighted by Gasteiger charge is -2.16. The first kappa shape index (κ1) is 14.2. The van der Waals surface area contributed by atoms with Gasteiger partial charge in [0.1, 0.15) is 6.29 Å². The molecule has 0 saturated heterocycles. The summed E-state index contributed by atoms with van der Waals surface area (Å²) in [4.78, 5) is 20.5. The van der Waals surface area contributed by atoms with Gasteiger partial charge in [-0.25, -0.2) is 0 Å². The van der Waals surface area contributed by atoms with Gasteiger partial charge in [-0.2, -0.15) is 0 Å².